The second-order valence-electron chi connectivity index (χ2n) is 9.67. The summed E-state index contributed by atoms with van der Waals surface area (Å²) < 4.78 is 13.1. The minimum absolute atomic E-state index is 0.154. The Morgan fingerprint density at radius 1 is 0.972 bits per heavy atom. The molecular formula is C27H29N5O4. The highest BCUT2D eigenvalue weighted by atomic mass is 16.5. The average Bonchev–Trinajstić information content (AvgIpc) is 3.66. The second kappa shape index (κ2) is 9.05. The van der Waals surface area contributed by atoms with E-state index in [4.69, 9.17) is 9.47 Å². The lowest BCUT2D eigenvalue weighted by Crippen LogP contribution is -2.53. The third-order valence-corrected chi connectivity index (χ3v) is 7.63. The number of benzene rings is 2. The third kappa shape index (κ3) is 3.93. The van der Waals surface area contributed by atoms with Gasteiger partial charge in [-0.1, -0.05) is 47.7 Å². The first-order chi connectivity index (χ1) is 17.6. The van der Waals surface area contributed by atoms with Crippen LogP contribution in [-0.4, -0.2) is 69.9 Å². The summed E-state index contributed by atoms with van der Waals surface area (Å²) >= 11 is 0. The molecule has 3 aliphatic rings. The summed E-state index contributed by atoms with van der Waals surface area (Å²) in [6.07, 6.45) is 1.61. The molecule has 6 rings (SSSR count). The van der Waals surface area contributed by atoms with Gasteiger partial charge in [-0.15, -0.1) is 5.10 Å². The highest BCUT2D eigenvalue weighted by Gasteiger charge is 2.53. The number of fused-ring (bicyclic) bond motifs is 1. The summed E-state index contributed by atoms with van der Waals surface area (Å²) in [5, 5.41) is 8.46. The topological polar surface area (TPSA) is 89.8 Å². The van der Waals surface area contributed by atoms with E-state index in [0.717, 1.165) is 29.7 Å². The molecule has 2 fully saturated rings. The maximum Gasteiger partial charge on any atom is 0.276 e. The average molecular weight is 488 g/mol. The Bertz CT molecular complexity index is 1260. The molecule has 186 valence electrons. The van der Waals surface area contributed by atoms with E-state index in [1.807, 2.05) is 59.5 Å². The maximum absolute atomic E-state index is 13.3. The lowest BCUT2D eigenvalue weighted by atomic mass is 9.94. The quantitative estimate of drug-likeness (QED) is 0.550. The molecule has 1 atom stereocenters. The van der Waals surface area contributed by atoms with Gasteiger partial charge in [-0.05, 0) is 36.1 Å². The molecule has 0 N–H and O–H groups in total. The molecule has 1 saturated carbocycles. The fourth-order valence-corrected chi connectivity index (χ4v) is 5.27. The molecule has 2 aromatic carbocycles. The monoisotopic (exact) mass is 487 g/mol. The van der Waals surface area contributed by atoms with E-state index in [1.54, 1.807) is 16.7 Å². The summed E-state index contributed by atoms with van der Waals surface area (Å²) in [4.78, 5) is 30.3. The van der Waals surface area contributed by atoms with Crippen LogP contribution >= 0.6 is 0 Å². The molecule has 0 radical (unpaired) electrons. The van der Waals surface area contributed by atoms with Crippen molar-refractivity contribution in [1.29, 1.82) is 0 Å². The maximum atomic E-state index is 13.3. The number of carbonyl (C=O) groups excluding carboxylic acids is 2. The first kappa shape index (κ1) is 22.7. The van der Waals surface area contributed by atoms with Gasteiger partial charge in [0.05, 0.1) is 31.4 Å². The van der Waals surface area contributed by atoms with Crippen LogP contribution in [0.15, 0.2) is 54.6 Å². The Kier molecular flexibility index (Phi) is 5.72. The van der Waals surface area contributed by atoms with Gasteiger partial charge >= 0.3 is 0 Å². The molecule has 3 aromatic rings. The van der Waals surface area contributed by atoms with Crippen molar-refractivity contribution in [3.05, 3.63) is 77.1 Å². The van der Waals surface area contributed by atoms with Crippen molar-refractivity contribution in [2.75, 3.05) is 33.3 Å². The molecule has 2 amide bonds. The summed E-state index contributed by atoms with van der Waals surface area (Å²) in [6.45, 7) is 2.78. The summed E-state index contributed by atoms with van der Waals surface area (Å²) in [5.41, 5.74) is 2.78. The predicted molar refractivity (Wildman–Crippen MR) is 130 cm³/mol. The number of aromatic nitrogens is 3. The number of hydrogen-bond acceptors (Lipinski definition) is 6. The smallest absolute Gasteiger partial charge is 0.276 e. The molecule has 0 spiro atoms. The summed E-state index contributed by atoms with van der Waals surface area (Å²) in [5.74, 6) is 0.817. The number of hydrogen-bond donors (Lipinski definition) is 0. The zero-order valence-corrected chi connectivity index (χ0v) is 20.3. The molecule has 1 aromatic heterocycles. The van der Waals surface area contributed by atoms with E-state index in [-0.39, 0.29) is 29.9 Å². The van der Waals surface area contributed by atoms with Gasteiger partial charge in [0.25, 0.3) is 5.91 Å². The van der Waals surface area contributed by atoms with E-state index in [1.165, 1.54) is 0 Å². The first-order valence-corrected chi connectivity index (χ1v) is 12.4. The molecule has 1 aliphatic carbocycles. The number of ether oxygens (including phenoxy) is 2. The molecule has 1 saturated heterocycles. The van der Waals surface area contributed by atoms with E-state index in [2.05, 4.69) is 10.3 Å². The lowest BCUT2D eigenvalue weighted by Gasteiger charge is -2.36. The molecule has 36 heavy (non-hydrogen) atoms. The minimum atomic E-state index is -0.377. The Balaban J connectivity index is 1.09. The van der Waals surface area contributed by atoms with Crippen molar-refractivity contribution >= 4 is 11.8 Å². The van der Waals surface area contributed by atoms with Crippen molar-refractivity contribution in [3.63, 3.8) is 0 Å². The molecule has 9 nitrogen and oxygen atoms in total. The van der Waals surface area contributed by atoms with Gasteiger partial charge in [-0.2, -0.15) is 0 Å². The Morgan fingerprint density at radius 3 is 2.33 bits per heavy atom. The fourth-order valence-electron chi connectivity index (χ4n) is 5.27. The van der Waals surface area contributed by atoms with Gasteiger partial charge in [0.2, 0.25) is 5.91 Å². The number of rotatable bonds is 5. The summed E-state index contributed by atoms with van der Waals surface area (Å²) in [7, 11) is 1.64. The van der Waals surface area contributed by atoms with Gasteiger partial charge in [0.1, 0.15) is 11.9 Å². The number of carbonyl (C=O) groups is 2. The van der Waals surface area contributed by atoms with Crippen molar-refractivity contribution in [2.45, 2.75) is 37.5 Å². The van der Waals surface area contributed by atoms with Crippen molar-refractivity contribution in [1.82, 2.24) is 24.8 Å². The van der Waals surface area contributed by atoms with Gasteiger partial charge in [0, 0.05) is 26.2 Å². The second-order valence-corrected chi connectivity index (χ2v) is 9.67. The van der Waals surface area contributed by atoms with Crippen LogP contribution < -0.4 is 4.74 Å². The fraction of sp³-hybridized carbons (Fsp3) is 0.407. The number of amides is 2. The number of methoxy groups -OCH3 is 1. The van der Waals surface area contributed by atoms with Crippen LogP contribution in [0.2, 0.25) is 0 Å². The van der Waals surface area contributed by atoms with Crippen LogP contribution in [0.1, 0.15) is 46.3 Å². The number of piperazine rings is 1. The van der Waals surface area contributed by atoms with Crippen molar-refractivity contribution < 1.29 is 19.1 Å². The molecule has 3 heterocycles. The van der Waals surface area contributed by atoms with Crippen LogP contribution in [-0.2, 0) is 28.1 Å². The molecular weight excluding hydrogens is 458 g/mol. The third-order valence-electron chi connectivity index (χ3n) is 7.63. The van der Waals surface area contributed by atoms with E-state index in [9.17, 15) is 9.59 Å². The van der Waals surface area contributed by atoms with Gasteiger partial charge < -0.3 is 19.3 Å². The SMILES string of the molecule is COc1ccc([C@@H]2Cn3nnc(C(=O)N4CCN(C(=O)C5(c6ccccc6)CC5)CC4)c3CO2)cc1. The minimum Gasteiger partial charge on any atom is -0.497 e. The van der Waals surface area contributed by atoms with Crippen LogP contribution in [0, 0.1) is 0 Å². The molecule has 0 unspecified atom stereocenters. The largest absolute Gasteiger partial charge is 0.497 e. The van der Waals surface area contributed by atoms with Crippen LogP contribution in [0.4, 0.5) is 0 Å². The van der Waals surface area contributed by atoms with Gasteiger partial charge in [0.15, 0.2) is 5.69 Å². The van der Waals surface area contributed by atoms with E-state index in [0.29, 0.717) is 44.1 Å². The zero-order chi connectivity index (χ0) is 24.7. The van der Waals surface area contributed by atoms with Gasteiger partial charge in [-0.25, -0.2) is 4.68 Å². The standard InChI is InChI=1S/C27H29N5O4/c1-35-21-9-7-19(8-10-21)23-17-32-22(18-36-23)24(28-29-32)25(33)30-13-15-31(16-14-30)26(34)27(11-12-27)20-5-3-2-4-6-20/h2-10,23H,11-18H2,1H3/t23-/m0/s1. The Labute approximate surface area is 209 Å². The van der Waals surface area contributed by atoms with E-state index >= 15 is 0 Å². The number of nitrogens with zero attached hydrogens (tertiary/aromatic N) is 5. The van der Waals surface area contributed by atoms with Crippen molar-refractivity contribution in [3.8, 4) is 5.75 Å². The Hall–Kier alpha value is -3.72. The summed E-state index contributed by atoms with van der Waals surface area (Å²) in [6, 6.07) is 17.8. The highest BCUT2D eigenvalue weighted by Crippen LogP contribution is 2.49. The van der Waals surface area contributed by atoms with E-state index < -0.39 is 0 Å². The highest BCUT2D eigenvalue weighted by molar-refractivity contribution is 5.94. The molecule has 9 heteroatoms. The Morgan fingerprint density at radius 2 is 1.67 bits per heavy atom. The molecule has 2 aliphatic heterocycles. The van der Waals surface area contributed by atoms with Crippen LogP contribution in [0.3, 0.4) is 0 Å². The predicted octanol–water partition coefficient (Wildman–Crippen LogP) is 2.57. The van der Waals surface area contributed by atoms with Crippen LogP contribution in [0.25, 0.3) is 0 Å². The van der Waals surface area contributed by atoms with Gasteiger partial charge in [-0.3, -0.25) is 9.59 Å². The first-order valence-electron chi connectivity index (χ1n) is 12.4. The zero-order valence-electron chi connectivity index (χ0n) is 20.3. The normalized spacial score (nSPS) is 20.5. The molecule has 0 bridgehead atoms. The van der Waals surface area contributed by atoms with Crippen molar-refractivity contribution in [2.24, 2.45) is 0 Å². The van der Waals surface area contributed by atoms with Crippen LogP contribution in [0.5, 0.6) is 5.75 Å². The lowest BCUT2D eigenvalue weighted by molar-refractivity contribution is -0.135.